The van der Waals surface area contributed by atoms with Crippen LogP contribution in [0.1, 0.15) is 23.2 Å². The van der Waals surface area contributed by atoms with Crippen LogP contribution in [-0.4, -0.2) is 51.4 Å². The largest absolute Gasteiger partial charge is 0.367 e. The van der Waals surface area contributed by atoms with Gasteiger partial charge in [-0.05, 0) is 43.2 Å². The monoisotopic (exact) mass is 437 g/mol. The summed E-state index contributed by atoms with van der Waals surface area (Å²) in [5, 5.41) is 0.656. The van der Waals surface area contributed by atoms with Gasteiger partial charge >= 0.3 is 0 Å². The van der Waals surface area contributed by atoms with E-state index in [0.717, 1.165) is 30.7 Å². The summed E-state index contributed by atoms with van der Waals surface area (Å²) in [5.74, 6) is -1.18. The fraction of sp³-hybridized carbons (Fsp3) is 0.350. The minimum absolute atomic E-state index is 0.142. The van der Waals surface area contributed by atoms with Crippen LogP contribution < -0.4 is 9.62 Å². The van der Waals surface area contributed by atoms with Crippen molar-refractivity contribution in [2.24, 2.45) is 0 Å². The van der Waals surface area contributed by atoms with Crippen LogP contribution in [0.25, 0.3) is 0 Å². The Balaban J connectivity index is 1.48. The number of sulfonamides is 1. The number of nitrogens with one attached hydrogen (secondary N) is 1. The van der Waals surface area contributed by atoms with E-state index in [1.165, 1.54) is 6.07 Å². The van der Waals surface area contributed by atoms with E-state index in [1.54, 1.807) is 4.90 Å². The van der Waals surface area contributed by atoms with Gasteiger partial charge in [0.05, 0.1) is 10.7 Å². The van der Waals surface area contributed by atoms with Crippen LogP contribution in [0.15, 0.2) is 47.4 Å². The van der Waals surface area contributed by atoms with Gasteiger partial charge in [0, 0.05) is 37.8 Å². The molecule has 1 N–H and O–H groups in total. The number of halogens is 2. The summed E-state index contributed by atoms with van der Waals surface area (Å²) in [5.41, 5.74) is 1.08. The average molecular weight is 438 g/mol. The Labute approximate surface area is 174 Å². The predicted molar refractivity (Wildman–Crippen MR) is 109 cm³/mol. The lowest BCUT2D eigenvalue weighted by Gasteiger charge is -2.36. The van der Waals surface area contributed by atoms with Crippen molar-refractivity contribution >= 4 is 33.2 Å². The topological polar surface area (TPSA) is 69.7 Å². The average Bonchev–Trinajstić information content (AvgIpc) is 3.51. The van der Waals surface area contributed by atoms with Gasteiger partial charge in [-0.3, -0.25) is 4.79 Å². The Kier molecular flexibility index (Phi) is 5.50. The lowest BCUT2D eigenvalue weighted by molar-refractivity contribution is 0.0746. The standard InChI is InChI=1S/C20H21ClFN3O3S/c21-16-3-1-2-4-18(16)24-9-11-25(12-10-24)20(26)14-5-8-17(22)19(13-14)29(27,28)23-15-6-7-15/h1-5,8,13,15,23H,6-7,9-12H2. The van der Waals surface area contributed by atoms with E-state index in [4.69, 9.17) is 11.6 Å². The van der Waals surface area contributed by atoms with Crippen molar-refractivity contribution in [1.82, 2.24) is 9.62 Å². The number of rotatable bonds is 5. The molecule has 154 valence electrons. The molecule has 1 saturated heterocycles. The molecule has 0 unspecified atom stereocenters. The highest BCUT2D eigenvalue weighted by Gasteiger charge is 2.31. The summed E-state index contributed by atoms with van der Waals surface area (Å²) < 4.78 is 41.4. The van der Waals surface area contributed by atoms with Gasteiger partial charge in [0.15, 0.2) is 0 Å². The van der Waals surface area contributed by atoms with Crippen LogP contribution >= 0.6 is 11.6 Å². The van der Waals surface area contributed by atoms with Crippen molar-refractivity contribution in [2.45, 2.75) is 23.8 Å². The van der Waals surface area contributed by atoms with Crippen molar-refractivity contribution in [3.8, 4) is 0 Å². The second-order valence-corrected chi connectivity index (χ2v) is 9.36. The van der Waals surface area contributed by atoms with Crippen LogP contribution in [0.3, 0.4) is 0 Å². The quantitative estimate of drug-likeness (QED) is 0.780. The summed E-state index contributed by atoms with van der Waals surface area (Å²) in [6.07, 6.45) is 1.49. The summed E-state index contributed by atoms with van der Waals surface area (Å²) in [7, 11) is -3.98. The number of piperazine rings is 1. The molecule has 2 aromatic carbocycles. The molecule has 6 nitrogen and oxygen atoms in total. The molecule has 1 amide bonds. The maximum absolute atomic E-state index is 14.2. The van der Waals surface area contributed by atoms with Gasteiger partial charge in [-0.25, -0.2) is 17.5 Å². The molecule has 4 rings (SSSR count). The van der Waals surface area contributed by atoms with Gasteiger partial charge in [-0.2, -0.15) is 0 Å². The molecule has 9 heteroatoms. The van der Waals surface area contributed by atoms with Gasteiger partial charge < -0.3 is 9.80 Å². The van der Waals surface area contributed by atoms with Gasteiger partial charge in [0.25, 0.3) is 5.91 Å². The first-order chi connectivity index (χ1) is 13.8. The van der Waals surface area contributed by atoms with Crippen LogP contribution in [0.5, 0.6) is 0 Å². The molecule has 0 spiro atoms. The first kappa shape index (κ1) is 20.1. The Hall–Kier alpha value is -2.16. The molecule has 0 aromatic heterocycles. The molecule has 2 aliphatic rings. The fourth-order valence-corrected chi connectivity index (χ4v) is 5.03. The molecule has 2 aromatic rings. The number of carbonyl (C=O) groups excluding carboxylic acids is 1. The van der Waals surface area contributed by atoms with Crippen LogP contribution in [-0.2, 0) is 10.0 Å². The molecule has 1 aliphatic carbocycles. The summed E-state index contributed by atoms with van der Waals surface area (Å²) in [6.45, 7) is 2.13. The number of nitrogens with zero attached hydrogens (tertiary/aromatic N) is 2. The zero-order valence-corrected chi connectivity index (χ0v) is 17.2. The third-order valence-electron chi connectivity index (χ3n) is 5.13. The van der Waals surface area contributed by atoms with E-state index >= 15 is 0 Å². The van der Waals surface area contributed by atoms with Crippen LogP contribution in [0.2, 0.25) is 5.02 Å². The van der Waals surface area contributed by atoms with E-state index in [0.29, 0.717) is 31.2 Å². The van der Waals surface area contributed by atoms with Gasteiger partial charge in [-0.1, -0.05) is 23.7 Å². The number of anilines is 1. The first-order valence-corrected chi connectivity index (χ1v) is 11.3. The van der Waals surface area contributed by atoms with E-state index in [9.17, 15) is 17.6 Å². The normalized spacial score (nSPS) is 17.4. The molecular formula is C20H21ClFN3O3S. The molecule has 2 fully saturated rings. The third-order valence-corrected chi connectivity index (χ3v) is 6.98. The number of hydrogen-bond donors (Lipinski definition) is 1. The zero-order valence-electron chi connectivity index (χ0n) is 15.6. The highest BCUT2D eigenvalue weighted by atomic mass is 35.5. The number of benzene rings is 2. The molecule has 1 heterocycles. The van der Waals surface area contributed by atoms with Gasteiger partial charge in [0.2, 0.25) is 10.0 Å². The van der Waals surface area contributed by atoms with E-state index in [-0.39, 0.29) is 17.5 Å². The molecule has 29 heavy (non-hydrogen) atoms. The minimum Gasteiger partial charge on any atom is -0.367 e. The van der Waals surface area contributed by atoms with E-state index in [2.05, 4.69) is 9.62 Å². The smallest absolute Gasteiger partial charge is 0.254 e. The number of carbonyl (C=O) groups is 1. The minimum atomic E-state index is -3.98. The second-order valence-electron chi connectivity index (χ2n) is 7.27. The Morgan fingerprint density at radius 1 is 1.07 bits per heavy atom. The maximum atomic E-state index is 14.2. The Bertz CT molecular complexity index is 1040. The number of hydrogen-bond acceptors (Lipinski definition) is 4. The first-order valence-electron chi connectivity index (χ1n) is 9.46. The zero-order chi connectivity index (χ0) is 20.6. The van der Waals surface area contributed by atoms with Gasteiger partial charge in [-0.15, -0.1) is 0 Å². The lowest BCUT2D eigenvalue weighted by atomic mass is 10.1. The third kappa shape index (κ3) is 4.39. The van der Waals surface area contributed by atoms with Crippen molar-refractivity contribution in [3.05, 3.63) is 58.9 Å². The van der Waals surface area contributed by atoms with E-state index < -0.39 is 20.7 Å². The fourth-order valence-electron chi connectivity index (χ4n) is 3.37. The molecule has 1 saturated carbocycles. The second kappa shape index (κ2) is 7.93. The molecule has 0 atom stereocenters. The highest BCUT2D eigenvalue weighted by Crippen LogP contribution is 2.27. The highest BCUT2D eigenvalue weighted by molar-refractivity contribution is 7.89. The summed E-state index contributed by atoms with van der Waals surface area (Å²) >= 11 is 6.25. The predicted octanol–water partition coefficient (Wildman–Crippen LogP) is 2.88. The lowest BCUT2D eigenvalue weighted by Crippen LogP contribution is -2.48. The summed E-state index contributed by atoms with van der Waals surface area (Å²) in [4.78, 5) is 16.1. The van der Waals surface area contributed by atoms with Gasteiger partial charge in [0.1, 0.15) is 10.7 Å². The Morgan fingerprint density at radius 3 is 2.41 bits per heavy atom. The Morgan fingerprint density at radius 2 is 1.76 bits per heavy atom. The molecule has 1 aliphatic heterocycles. The molecule has 0 bridgehead atoms. The summed E-state index contributed by atoms with van der Waals surface area (Å²) in [6, 6.07) is 10.9. The van der Waals surface area contributed by atoms with Crippen LogP contribution in [0.4, 0.5) is 10.1 Å². The van der Waals surface area contributed by atoms with Crippen LogP contribution in [0, 0.1) is 5.82 Å². The number of amides is 1. The van der Waals surface area contributed by atoms with Crippen molar-refractivity contribution < 1.29 is 17.6 Å². The van der Waals surface area contributed by atoms with E-state index in [1.807, 2.05) is 24.3 Å². The number of para-hydroxylation sites is 1. The SMILES string of the molecule is O=C(c1ccc(F)c(S(=O)(=O)NC2CC2)c1)N1CCN(c2ccccc2Cl)CC1. The van der Waals surface area contributed by atoms with Crippen molar-refractivity contribution in [2.75, 3.05) is 31.1 Å². The van der Waals surface area contributed by atoms with Crippen molar-refractivity contribution in [1.29, 1.82) is 0 Å². The molecular weight excluding hydrogens is 417 g/mol. The molecule has 0 radical (unpaired) electrons. The van der Waals surface area contributed by atoms with Crippen molar-refractivity contribution in [3.63, 3.8) is 0 Å². The maximum Gasteiger partial charge on any atom is 0.254 e.